The normalized spacial score (nSPS) is 28.0. The molecule has 2 fully saturated rings. The molecule has 0 bridgehead atoms. The van der Waals surface area contributed by atoms with Crippen LogP contribution in [0.25, 0.3) is 0 Å². The fourth-order valence-corrected chi connectivity index (χ4v) is 3.66. The van der Waals surface area contributed by atoms with Gasteiger partial charge in [-0.2, -0.15) is 4.31 Å². The maximum absolute atomic E-state index is 12.4. The van der Waals surface area contributed by atoms with Crippen LogP contribution in [0.3, 0.4) is 0 Å². The molecule has 2 aliphatic heterocycles. The topological polar surface area (TPSA) is 79.0 Å². The van der Waals surface area contributed by atoms with Crippen molar-refractivity contribution < 1.29 is 17.9 Å². The lowest BCUT2D eigenvalue weighted by Crippen LogP contribution is -2.60. The number of hydrogen-bond acceptors (Lipinski definition) is 5. The number of halogens is 1. The van der Waals surface area contributed by atoms with E-state index in [1.165, 1.54) is 4.31 Å². The lowest BCUT2D eigenvalue weighted by atomic mass is 10.1. The predicted molar refractivity (Wildman–Crippen MR) is 82.1 cm³/mol. The summed E-state index contributed by atoms with van der Waals surface area (Å²) in [7, 11) is -3.15. The third-order valence-electron chi connectivity index (χ3n) is 3.89. The van der Waals surface area contributed by atoms with E-state index in [-0.39, 0.29) is 36.2 Å². The Bertz CT molecular complexity index is 451. The fraction of sp³-hybridized carbons (Fsp3) is 0.917. The number of sulfonamides is 1. The molecule has 0 radical (unpaired) electrons. The van der Waals surface area contributed by atoms with Crippen LogP contribution >= 0.6 is 12.4 Å². The minimum Gasteiger partial charge on any atom is -0.375 e. The van der Waals surface area contributed by atoms with Crippen molar-refractivity contribution in [1.29, 1.82) is 0 Å². The maximum atomic E-state index is 12.4. The van der Waals surface area contributed by atoms with Crippen LogP contribution in [-0.2, 0) is 19.6 Å². The first kappa shape index (κ1) is 18.6. The Hall–Kier alpha value is -0.410. The summed E-state index contributed by atoms with van der Waals surface area (Å²) in [5.74, 6) is 0.112. The van der Waals surface area contributed by atoms with Crippen LogP contribution in [0.5, 0.6) is 0 Å². The molecule has 0 unspecified atom stereocenters. The minimum atomic E-state index is -3.15. The molecule has 21 heavy (non-hydrogen) atoms. The van der Waals surface area contributed by atoms with Gasteiger partial charge in [-0.25, -0.2) is 8.42 Å². The number of piperazine rings is 1. The lowest BCUT2D eigenvalue weighted by molar-refractivity contribution is -0.140. The highest BCUT2D eigenvalue weighted by atomic mass is 35.5. The zero-order valence-electron chi connectivity index (χ0n) is 12.4. The van der Waals surface area contributed by atoms with Crippen LogP contribution in [0.15, 0.2) is 0 Å². The molecular weight excluding hydrogens is 318 g/mol. The average molecular weight is 342 g/mol. The lowest BCUT2D eigenvalue weighted by Gasteiger charge is -2.38. The zero-order chi connectivity index (χ0) is 14.8. The molecule has 0 aromatic heterocycles. The Balaban J connectivity index is 0.00000220. The van der Waals surface area contributed by atoms with Crippen LogP contribution in [0, 0.1) is 0 Å². The van der Waals surface area contributed by atoms with Gasteiger partial charge in [-0.3, -0.25) is 4.79 Å². The second-order valence-electron chi connectivity index (χ2n) is 5.13. The number of carbonyl (C=O) groups is 1. The molecule has 2 aliphatic rings. The molecule has 1 amide bonds. The summed E-state index contributed by atoms with van der Waals surface area (Å²) in [5.41, 5.74) is 0. The van der Waals surface area contributed by atoms with Crippen molar-refractivity contribution in [2.24, 2.45) is 0 Å². The first-order valence-electron chi connectivity index (χ1n) is 7.07. The molecule has 1 N–H and O–H groups in total. The number of morpholine rings is 1. The zero-order valence-corrected chi connectivity index (χ0v) is 14.1. The van der Waals surface area contributed by atoms with Crippen LogP contribution in [0.4, 0.5) is 0 Å². The molecule has 2 rings (SSSR count). The van der Waals surface area contributed by atoms with E-state index in [2.05, 4.69) is 5.32 Å². The molecule has 9 heteroatoms. The summed E-state index contributed by atoms with van der Waals surface area (Å²) in [6.07, 6.45) is -0.145. The van der Waals surface area contributed by atoms with Gasteiger partial charge < -0.3 is 15.0 Å². The number of hydrogen-bond donors (Lipinski definition) is 1. The Morgan fingerprint density at radius 1 is 1.29 bits per heavy atom. The van der Waals surface area contributed by atoms with E-state index in [0.29, 0.717) is 39.3 Å². The average Bonchev–Trinajstić information content (AvgIpc) is 2.47. The molecule has 0 spiro atoms. The summed E-state index contributed by atoms with van der Waals surface area (Å²) < 4.78 is 30.5. The number of carbonyl (C=O) groups excluding carboxylic acids is 1. The molecule has 124 valence electrons. The number of rotatable bonds is 3. The van der Waals surface area contributed by atoms with Gasteiger partial charge in [-0.1, -0.05) is 0 Å². The van der Waals surface area contributed by atoms with Crippen molar-refractivity contribution in [3.63, 3.8) is 0 Å². The Labute approximate surface area is 132 Å². The quantitative estimate of drug-likeness (QED) is 0.733. The van der Waals surface area contributed by atoms with Crippen LogP contribution in [0.1, 0.15) is 13.8 Å². The van der Waals surface area contributed by atoms with Crippen LogP contribution < -0.4 is 5.32 Å². The van der Waals surface area contributed by atoms with Gasteiger partial charge in [0.05, 0.1) is 18.5 Å². The maximum Gasteiger partial charge on any atom is 0.242 e. The Kier molecular flexibility index (Phi) is 6.86. The van der Waals surface area contributed by atoms with E-state index in [4.69, 9.17) is 4.74 Å². The number of amides is 1. The van der Waals surface area contributed by atoms with Crippen molar-refractivity contribution >= 4 is 28.3 Å². The van der Waals surface area contributed by atoms with Gasteiger partial charge in [0.2, 0.25) is 15.9 Å². The van der Waals surface area contributed by atoms with E-state index >= 15 is 0 Å². The van der Waals surface area contributed by atoms with Gasteiger partial charge in [0, 0.05) is 32.7 Å². The van der Waals surface area contributed by atoms with Crippen molar-refractivity contribution in [1.82, 2.24) is 14.5 Å². The van der Waals surface area contributed by atoms with Gasteiger partial charge in [0.15, 0.2) is 0 Å². The molecule has 2 saturated heterocycles. The minimum absolute atomic E-state index is 0. The van der Waals surface area contributed by atoms with Crippen molar-refractivity contribution in [2.45, 2.75) is 26.0 Å². The van der Waals surface area contributed by atoms with Crippen molar-refractivity contribution in [2.75, 3.05) is 45.1 Å². The van der Waals surface area contributed by atoms with E-state index in [9.17, 15) is 13.2 Å². The number of nitrogens with zero attached hydrogens (tertiary/aromatic N) is 2. The fourth-order valence-electron chi connectivity index (χ4n) is 2.58. The van der Waals surface area contributed by atoms with Crippen molar-refractivity contribution in [3.05, 3.63) is 0 Å². The molecule has 2 atom stereocenters. The Morgan fingerprint density at radius 3 is 2.43 bits per heavy atom. The third kappa shape index (κ3) is 4.29. The van der Waals surface area contributed by atoms with Crippen LogP contribution in [0.2, 0.25) is 0 Å². The van der Waals surface area contributed by atoms with Crippen LogP contribution in [-0.4, -0.2) is 80.8 Å². The van der Waals surface area contributed by atoms with Gasteiger partial charge in [-0.05, 0) is 13.8 Å². The number of nitrogens with one attached hydrogen (secondary N) is 1. The standard InChI is InChI=1S/C12H23N3O4S.ClH/c1-3-20(17,18)15-7-5-14(6-8-15)12(16)11-10(2)19-9-4-13-11;/h10-11,13H,3-9H2,1-2H3;1H/t10-,11+;/m1./s1. The van der Waals surface area contributed by atoms with Gasteiger partial charge >= 0.3 is 0 Å². The summed E-state index contributed by atoms with van der Waals surface area (Å²) in [4.78, 5) is 14.1. The Morgan fingerprint density at radius 2 is 1.90 bits per heavy atom. The molecule has 7 nitrogen and oxygen atoms in total. The summed E-state index contributed by atoms with van der Waals surface area (Å²) >= 11 is 0. The molecule has 0 saturated carbocycles. The van der Waals surface area contributed by atoms with Gasteiger partial charge in [-0.15, -0.1) is 12.4 Å². The van der Waals surface area contributed by atoms with Gasteiger partial charge in [0.25, 0.3) is 0 Å². The van der Waals surface area contributed by atoms with Crippen molar-refractivity contribution in [3.8, 4) is 0 Å². The number of ether oxygens (including phenoxy) is 1. The molecule has 2 heterocycles. The summed E-state index contributed by atoms with van der Waals surface area (Å²) in [6, 6.07) is -0.321. The highest BCUT2D eigenvalue weighted by molar-refractivity contribution is 7.89. The molecule has 0 aromatic rings. The van der Waals surface area contributed by atoms with E-state index < -0.39 is 10.0 Å². The monoisotopic (exact) mass is 341 g/mol. The highest BCUT2D eigenvalue weighted by Crippen LogP contribution is 2.12. The summed E-state index contributed by atoms with van der Waals surface area (Å²) in [6.45, 7) is 6.46. The second kappa shape index (κ2) is 7.73. The summed E-state index contributed by atoms with van der Waals surface area (Å²) in [5, 5.41) is 3.17. The predicted octanol–water partition coefficient (Wildman–Crippen LogP) is -0.721. The van der Waals surface area contributed by atoms with Gasteiger partial charge in [0.1, 0.15) is 6.04 Å². The first-order chi connectivity index (χ1) is 9.45. The third-order valence-corrected chi connectivity index (χ3v) is 5.77. The van der Waals surface area contributed by atoms with E-state index in [1.54, 1.807) is 11.8 Å². The smallest absolute Gasteiger partial charge is 0.242 e. The first-order valence-corrected chi connectivity index (χ1v) is 8.68. The molecule has 0 aromatic carbocycles. The largest absolute Gasteiger partial charge is 0.375 e. The SMILES string of the molecule is CCS(=O)(=O)N1CCN(C(=O)[C@H]2NCCO[C@@H]2C)CC1.Cl. The second-order valence-corrected chi connectivity index (χ2v) is 7.39. The highest BCUT2D eigenvalue weighted by Gasteiger charge is 2.34. The van der Waals surface area contributed by atoms with E-state index in [1.807, 2.05) is 6.92 Å². The van der Waals surface area contributed by atoms with E-state index in [0.717, 1.165) is 0 Å². The molecule has 0 aliphatic carbocycles. The molecular formula is C12H24ClN3O4S.